The summed E-state index contributed by atoms with van der Waals surface area (Å²) in [6.45, 7) is 0. The van der Waals surface area contributed by atoms with Gasteiger partial charge in [0.15, 0.2) is 9.88 Å². The standard InChI is InChI=1S/C24H19N5O3S3/c25-35(31,32)18-13-11-17(12-14-18)29-22(30)19-20(15-7-3-1-4-8-15)26-23(33)27-21(19)28(24(29)34)16-9-5-2-6-10-16/h1-14,20H,(H2,25,31,32)(H2,26,27,33). The van der Waals surface area contributed by atoms with E-state index in [9.17, 15) is 13.2 Å². The van der Waals surface area contributed by atoms with Crippen molar-refractivity contribution in [2.75, 3.05) is 5.32 Å². The van der Waals surface area contributed by atoms with Crippen molar-refractivity contribution in [1.82, 2.24) is 14.5 Å². The summed E-state index contributed by atoms with van der Waals surface area (Å²) >= 11 is 11.3. The quantitative estimate of drug-likeness (QED) is 0.353. The van der Waals surface area contributed by atoms with Gasteiger partial charge in [0.1, 0.15) is 5.82 Å². The summed E-state index contributed by atoms with van der Waals surface area (Å²) in [4.78, 5) is 13.9. The number of nitrogens with zero attached hydrogens (tertiary/aromatic N) is 2. The predicted molar refractivity (Wildman–Crippen MR) is 141 cm³/mol. The number of thiocarbonyl (C=S) groups is 1. The molecule has 0 fully saturated rings. The molecule has 176 valence electrons. The molecule has 4 N–H and O–H groups in total. The summed E-state index contributed by atoms with van der Waals surface area (Å²) in [5.74, 6) is 0.473. The van der Waals surface area contributed by atoms with E-state index in [2.05, 4.69) is 10.6 Å². The predicted octanol–water partition coefficient (Wildman–Crippen LogP) is 3.39. The first-order valence-electron chi connectivity index (χ1n) is 10.5. The normalized spacial score (nSPS) is 15.1. The molecule has 4 aromatic rings. The van der Waals surface area contributed by atoms with Gasteiger partial charge in [-0.15, -0.1) is 0 Å². The minimum atomic E-state index is -3.89. The lowest BCUT2D eigenvalue weighted by Crippen LogP contribution is -2.44. The van der Waals surface area contributed by atoms with Crippen molar-refractivity contribution >= 4 is 45.4 Å². The maximum atomic E-state index is 14.0. The maximum Gasteiger partial charge on any atom is 0.266 e. The summed E-state index contributed by atoms with van der Waals surface area (Å²) in [6.07, 6.45) is 0. The summed E-state index contributed by atoms with van der Waals surface area (Å²) < 4.78 is 26.8. The molecule has 0 saturated heterocycles. The Labute approximate surface area is 211 Å². The van der Waals surface area contributed by atoms with Crippen LogP contribution in [0.4, 0.5) is 5.82 Å². The van der Waals surface area contributed by atoms with Crippen LogP contribution in [-0.2, 0) is 10.0 Å². The second kappa shape index (κ2) is 8.86. The molecule has 5 rings (SSSR count). The van der Waals surface area contributed by atoms with Crippen LogP contribution in [0.25, 0.3) is 11.4 Å². The minimum Gasteiger partial charge on any atom is -0.351 e. The molecule has 1 unspecified atom stereocenters. The lowest BCUT2D eigenvalue weighted by molar-refractivity contribution is 0.598. The van der Waals surface area contributed by atoms with Gasteiger partial charge in [-0.25, -0.2) is 13.6 Å². The highest BCUT2D eigenvalue weighted by Crippen LogP contribution is 2.32. The molecule has 0 aliphatic carbocycles. The Hall–Kier alpha value is -3.64. The van der Waals surface area contributed by atoms with Crippen molar-refractivity contribution < 1.29 is 8.42 Å². The number of hydrogen-bond acceptors (Lipinski definition) is 5. The summed E-state index contributed by atoms with van der Waals surface area (Å²) in [5, 5.41) is 11.9. The average Bonchev–Trinajstić information content (AvgIpc) is 2.84. The van der Waals surface area contributed by atoms with E-state index in [0.717, 1.165) is 11.3 Å². The molecule has 8 nitrogen and oxygen atoms in total. The Morgan fingerprint density at radius 3 is 1.97 bits per heavy atom. The van der Waals surface area contributed by atoms with Gasteiger partial charge in [-0.05, 0) is 66.4 Å². The van der Waals surface area contributed by atoms with Crippen LogP contribution in [0.5, 0.6) is 0 Å². The van der Waals surface area contributed by atoms with E-state index in [-0.39, 0.29) is 15.2 Å². The van der Waals surface area contributed by atoms with Crippen LogP contribution in [0, 0.1) is 4.77 Å². The second-order valence-electron chi connectivity index (χ2n) is 7.84. The molecule has 11 heteroatoms. The number of hydrogen-bond donors (Lipinski definition) is 3. The van der Waals surface area contributed by atoms with Crippen molar-refractivity contribution in [3.8, 4) is 11.4 Å². The number of aromatic nitrogens is 2. The van der Waals surface area contributed by atoms with Crippen molar-refractivity contribution in [2.24, 2.45) is 5.14 Å². The zero-order chi connectivity index (χ0) is 24.7. The van der Waals surface area contributed by atoms with Crippen LogP contribution >= 0.6 is 24.4 Å². The molecular formula is C24H19N5O3S3. The fourth-order valence-corrected chi connectivity index (χ4v) is 5.19. The van der Waals surface area contributed by atoms with Gasteiger partial charge in [0, 0.05) is 5.69 Å². The maximum absolute atomic E-state index is 14.0. The molecule has 0 spiro atoms. The number of sulfonamides is 1. The Kier molecular flexibility index (Phi) is 5.85. The fourth-order valence-electron chi connectivity index (χ4n) is 4.08. The van der Waals surface area contributed by atoms with Gasteiger partial charge in [0.05, 0.1) is 22.2 Å². The van der Waals surface area contributed by atoms with Crippen LogP contribution in [-0.4, -0.2) is 22.7 Å². The van der Waals surface area contributed by atoms with Gasteiger partial charge in [-0.3, -0.25) is 13.9 Å². The number of benzene rings is 3. The number of primary sulfonamides is 1. The average molecular weight is 522 g/mol. The molecule has 0 amide bonds. The largest absolute Gasteiger partial charge is 0.351 e. The number of nitrogens with two attached hydrogens (primary N) is 1. The van der Waals surface area contributed by atoms with Gasteiger partial charge in [-0.2, -0.15) is 0 Å². The molecular weight excluding hydrogens is 502 g/mol. The molecule has 0 radical (unpaired) electrons. The van der Waals surface area contributed by atoms with Crippen LogP contribution in [0.1, 0.15) is 17.2 Å². The summed E-state index contributed by atoms with van der Waals surface area (Å²) in [5.41, 5.74) is 2.03. The van der Waals surface area contributed by atoms with E-state index in [1.807, 2.05) is 60.7 Å². The molecule has 1 aliphatic heterocycles. The van der Waals surface area contributed by atoms with Crippen LogP contribution in [0.2, 0.25) is 0 Å². The highest BCUT2D eigenvalue weighted by Gasteiger charge is 2.31. The van der Waals surface area contributed by atoms with Gasteiger partial charge in [0.25, 0.3) is 5.56 Å². The molecule has 1 atom stereocenters. The first-order valence-corrected chi connectivity index (χ1v) is 12.8. The smallest absolute Gasteiger partial charge is 0.266 e. The van der Waals surface area contributed by atoms with Gasteiger partial charge in [0.2, 0.25) is 10.0 Å². The molecule has 1 aromatic heterocycles. The SMILES string of the molecule is NS(=O)(=O)c1ccc(-n2c(=O)c3c(n(-c4ccccc4)c2=S)NC(=S)NC3c2ccccc2)cc1. The highest BCUT2D eigenvalue weighted by molar-refractivity contribution is 7.89. The number of anilines is 1. The third-order valence-electron chi connectivity index (χ3n) is 5.66. The van der Waals surface area contributed by atoms with Crippen molar-refractivity contribution in [3.63, 3.8) is 0 Å². The lowest BCUT2D eigenvalue weighted by atomic mass is 9.98. The Balaban J connectivity index is 1.86. The molecule has 2 heterocycles. The van der Waals surface area contributed by atoms with Gasteiger partial charge in [-0.1, -0.05) is 48.5 Å². The summed E-state index contributed by atoms with van der Waals surface area (Å²) in [6, 6.07) is 24.0. The highest BCUT2D eigenvalue weighted by atomic mass is 32.2. The Morgan fingerprint density at radius 2 is 1.37 bits per heavy atom. The topological polar surface area (TPSA) is 111 Å². The summed E-state index contributed by atoms with van der Waals surface area (Å²) in [7, 11) is -3.89. The van der Waals surface area contributed by atoms with Crippen molar-refractivity contribution in [2.45, 2.75) is 10.9 Å². The fraction of sp³-hybridized carbons (Fsp3) is 0.0417. The number of fused-ring (bicyclic) bond motifs is 1. The van der Waals surface area contributed by atoms with Gasteiger partial charge < -0.3 is 10.6 Å². The number of nitrogens with one attached hydrogen (secondary N) is 2. The Bertz CT molecular complexity index is 1660. The third-order valence-corrected chi connectivity index (χ3v) is 7.18. The first-order chi connectivity index (χ1) is 16.8. The van der Waals surface area contributed by atoms with E-state index >= 15 is 0 Å². The van der Waals surface area contributed by atoms with Crippen LogP contribution in [0.3, 0.4) is 0 Å². The zero-order valence-corrected chi connectivity index (χ0v) is 20.5. The molecule has 1 aliphatic rings. The number of rotatable bonds is 4. The van der Waals surface area contributed by atoms with E-state index in [4.69, 9.17) is 29.6 Å². The lowest BCUT2D eigenvalue weighted by Gasteiger charge is -2.32. The molecule has 0 saturated carbocycles. The van der Waals surface area contributed by atoms with Crippen LogP contribution < -0.4 is 21.3 Å². The van der Waals surface area contributed by atoms with E-state index < -0.39 is 16.1 Å². The van der Waals surface area contributed by atoms with Crippen molar-refractivity contribution in [1.29, 1.82) is 0 Å². The molecule has 3 aromatic carbocycles. The molecule has 35 heavy (non-hydrogen) atoms. The van der Waals surface area contributed by atoms with E-state index in [1.54, 1.807) is 4.57 Å². The monoisotopic (exact) mass is 521 g/mol. The minimum absolute atomic E-state index is 0.0649. The second-order valence-corrected chi connectivity index (χ2v) is 10.2. The van der Waals surface area contributed by atoms with E-state index in [0.29, 0.717) is 22.2 Å². The van der Waals surface area contributed by atoms with Crippen LogP contribution in [0.15, 0.2) is 94.6 Å². The van der Waals surface area contributed by atoms with Gasteiger partial charge >= 0.3 is 0 Å². The Morgan fingerprint density at radius 1 is 0.800 bits per heavy atom. The third kappa shape index (κ3) is 4.19. The zero-order valence-electron chi connectivity index (χ0n) is 18.1. The molecule has 0 bridgehead atoms. The van der Waals surface area contributed by atoms with Crippen molar-refractivity contribution in [3.05, 3.63) is 111 Å². The number of para-hydroxylation sites is 1. The van der Waals surface area contributed by atoms with E-state index in [1.165, 1.54) is 28.8 Å². The first kappa shape index (κ1) is 23.1.